The molecule has 108 valence electrons. The lowest BCUT2D eigenvalue weighted by Crippen LogP contribution is -2.34. The van der Waals surface area contributed by atoms with Gasteiger partial charge in [-0.15, -0.1) is 0 Å². The maximum absolute atomic E-state index is 11.3. The number of nitrogens with two attached hydrogens (primary N) is 1. The molecule has 3 N–H and O–H groups in total. The minimum absolute atomic E-state index is 0.0921. The number of ether oxygens (including phenoxy) is 1. The molecule has 1 aromatic carbocycles. The quantitative estimate of drug-likeness (QED) is 0.886. The highest BCUT2D eigenvalue weighted by Gasteiger charge is 2.22. The Hall–Kier alpha value is -1.55. The smallest absolute Gasteiger partial charge is 0.224 e. The molecule has 1 aliphatic carbocycles. The molecule has 1 amide bonds. The lowest BCUT2D eigenvalue weighted by atomic mass is 10.00. The number of hydrogen-bond acceptors (Lipinski definition) is 3. The van der Waals surface area contributed by atoms with Crippen molar-refractivity contribution in [3.05, 3.63) is 23.8 Å². The van der Waals surface area contributed by atoms with Gasteiger partial charge in [0.2, 0.25) is 5.91 Å². The highest BCUT2D eigenvalue weighted by Crippen LogP contribution is 2.29. The van der Waals surface area contributed by atoms with E-state index >= 15 is 0 Å². The second kappa shape index (κ2) is 5.83. The van der Waals surface area contributed by atoms with Gasteiger partial charge in [0, 0.05) is 18.2 Å². The van der Waals surface area contributed by atoms with Crippen LogP contribution in [0.1, 0.15) is 37.7 Å². The summed E-state index contributed by atoms with van der Waals surface area (Å²) in [6.07, 6.45) is 6.42. The maximum atomic E-state index is 11.3. The number of hydrogen-bond donors (Lipinski definition) is 2. The van der Waals surface area contributed by atoms with E-state index in [1.807, 2.05) is 18.2 Å². The zero-order valence-corrected chi connectivity index (χ0v) is 11.7. The zero-order valence-electron chi connectivity index (χ0n) is 11.7. The summed E-state index contributed by atoms with van der Waals surface area (Å²) >= 11 is 0. The number of anilines is 1. The van der Waals surface area contributed by atoms with E-state index in [1.54, 1.807) is 0 Å². The molecule has 2 aliphatic rings. The van der Waals surface area contributed by atoms with Crippen molar-refractivity contribution in [2.24, 2.45) is 11.7 Å². The normalized spacial score (nSPS) is 20.4. The number of rotatable bonds is 4. The summed E-state index contributed by atoms with van der Waals surface area (Å²) in [5, 5.41) is 2.88. The minimum Gasteiger partial charge on any atom is -0.492 e. The van der Waals surface area contributed by atoms with Crippen LogP contribution < -0.4 is 15.8 Å². The molecule has 3 rings (SSSR count). The Kier molecular flexibility index (Phi) is 3.92. The van der Waals surface area contributed by atoms with E-state index in [1.165, 1.54) is 25.7 Å². The van der Waals surface area contributed by atoms with Crippen LogP contribution in [-0.2, 0) is 11.2 Å². The molecule has 20 heavy (non-hydrogen) atoms. The summed E-state index contributed by atoms with van der Waals surface area (Å²) in [4.78, 5) is 11.3. The van der Waals surface area contributed by atoms with E-state index in [0.717, 1.165) is 23.4 Å². The first-order chi connectivity index (χ1) is 9.72. The van der Waals surface area contributed by atoms with Crippen molar-refractivity contribution in [1.82, 2.24) is 0 Å². The number of nitrogens with one attached hydrogen (secondary N) is 1. The van der Waals surface area contributed by atoms with Crippen LogP contribution in [0.5, 0.6) is 5.75 Å². The topological polar surface area (TPSA) is 64.3 Å². The van der Waals surface area contributed by atoms with Crippen LogP contribution in [0.15, 0.2) is 18.2 Å². The Bertz CT molecular complexity index is 495. The number of aryl methyl sites for hydroxylation is 1. The van der Waals surface area contributed by atoms with Gasteiger partial charge in [0.05, 0.1) is 0 Å². The highest BCUT2D eigenvalue weighted by molar-refractivity contribution is 5.93. The van der Waals surface area contributed by atoms with Gasteiger partial charge in [-0.3, -0.25) is 4.79 Å². The first kappa shape index (κ1) is 13.4. The van der Waals surface area contributed by atoms with E-state index in [4.69, 9.17) is 10.5 Å². The molecule has 4 heteroatoms. The van der Waals surface area contributed by atoms with Gasteiger partial charge in [0.15, 0.2) is 0 Å². The third kappa shape index (κ3) is 2.96. The van der Waals surface area contributed by atoms with Crippen LogP contribution in [0, 0.1) is 5.92 Å². The molecule has 1 atom stereocenters. The van der Waals surface area contributed by atoms with Gasteiger partial charge in [0.1, 0.15) is 12.4 Å². The highest BCUT2D eigenvalue weighted by atomic mass is 16.5. The molecular formula is C16H22N2O2. The standard InChI is InChI=1S/C16H22N2O2/c17-14(11-3-1-2-4-11)10-20-13-6-7-15-12(9-13)5-8-16(19)18-15/h6-7,9,11,14H,1-5,8,10,17H2,(H,18,19). The molecule has 1 saturated carbocycles. The Morgan fingerprint density at radius 2 is 2.10 bits per heavy atom. The lowest BCUT2D eigenvalue weighted by Gasteiger charge is -2.21. The van der Waals surface area contributed by atoms with Gasteiger partial charge in [-0.25, -0.2) is 0 Å². The summed E-state index contributed by atoms with van der Waals surface area (Å²) in [6.45, 7) is 0.579. The first-order valence-electron chi connectivity index (χ1n) is 7.53. The number of carbonyl (C=O) groups excluding carboxylic acids is 1. The fourth-order valence-corrected chi connectivity index (χ4v) is 3.16. The molecule has 4 nitrogen and oxygen atoms in total. The van der Waals surface area contributed by atoms with Crippen LogP contribution in [-0.4, -0.2) is 18.6 Å². The van der Waals surface area contributed by atoms with E-state index < -0.39 is 0 Å². The molecule has 1 fully saturated rings. The van der Waals surface area contributed by atoms with Crippen molar-refractivity contribution < 1.29 is 9.53 Å². The SMILES string of the molecule is NC(COc1ccc2c(c1)CCC(=O)N2)C1CCCC1. The van der Waals surface area contributed by atoms with Gasteiger partial charge < -0.3 is 15.8 Å². The van der Waals surface area contributed by atoms with Crippen molar-refractivity contribution >= 4 is 11.6 Å². The van der Waals surface area contributed by atoms with Crippen LogP contribution in [0.25, 0.3) is 0 Å². The number of amides is 1. The van der Waals surface area contributed by atoms with Crippen LogP contribution in [0.4, 0.5) is 5.69 Å². The molecule has 1 heterocycles. The number of benzene rings is 1. The average molecular weight is 274 g/mol. The fraction of sp³-hybridized carbons (Fsp3) is 0.562. The Balaban J connectivity index is 1.59. The average Bonchev–Trinajstić information content (AvgIpc) is 2.99. The second-order valence-corrected chi connectivity index (χ2v) is 5.89. The molecule has 0 bridgehead atoms. The first-order valence-corrected chi connectivity index (χ1v) is 7.53. The van der Waals surface area contributed by atoms with E-state index in [9.17, 15) is 4.79 Å². The Morgan fingerprint density at radius 3 is 2.90 bits per heavy atom. The van der Waals surface area contributed by atoms with E-state index in [0.29, 0.717) is 18.9 Å². The number of fused-ring (bicyclic) bond motifs is 1. The molecule has 1 aromatic rings. The summed E-state index contributed by atoms with van der Waals surface area (Å²) in [5.74, 6) is 1.56. The van der Waals surface area contributed by atoms with Gasteiger partial charge in [0.25, 0.3) is 0 Å². The summed E-state index contributed by atoms with van der Waals surface area (Å²) in [5.41, 5.74) is 8.26. The Morgan fingerprint density at radius 1 is 1.30 bits per heavy atom. The van der Waals surface area contributed by atoms with Crippen LogP contribution >= 0.6 is 0 Å². The second-order valence-electron chi connectivity index (χ2n) is 5.89. The zero-order chi connectivity index (χ0) is 13.9. The van der Waals surface area contributed by atoms with Crippen molar-refractivity contribution in [3.63, 3.8) is 0 Å². The van der Waals surface area contributed by atoms with Gasteiger partial charge in [-0.05, 0) is 48.9 Å². The lowest BCUT2D eigenvalue weighted by molar-refractivity contribution is -0.116. The fourth-order valence-electron chi connectivity index (χ4n) is 3.16. The maximum Gasteiger partial charge on any atom is 0.224 e. The Labute approximate surface area is 119 Å². The third-order valence-corrected chi connectivity index (χ3v) is 4.42. The van der Waals surface area contributed by atoms with Crippen molar-refractivity contribution in [2.45, 2.75) is 44.6 Å². The molecule has 0 aromatic heterocycles. The molecule has 1 unspecified atom stereocenters. The van der Waals surface area contributed by atoms with Gasteiger partial charge in [-0.2, -0.15) is 0 Å². The molecule has 1 aliphatic heterocycles. The van der Waals surface area contributed by atoms with Crippen molar-refractivity contribution in [1.29, 1.82) is 0 Å². The van der Waals surface area contributed by atoms with Gasteiger partial charge in [-0.1, -0.05) is 12.8 Å². The predicted molar refractivity (Wildman–Crippen MR) is 78.8 cm³/mol. The van der Waals surface area contributed by atoms with E-state index in [2.05, 4.69) is 5.32 Å². The molecule has 0 radical (unpaired) electrons. The van der Waals surface area contributed by atoms with Crippen molar-refractivity contribution in [3.8, 4) is 5.75 Å². The van der Waals surface area contributed by atoms with Gasteiger partial charge >= 0.3 is 0 Å². The number of carbonyl (C=O) groups is 1. The van der Waals surface area contributed by atoms with Crippen LogP contribution in [0.2, 0.25) is 0 Å². The summed E-state index contributed by atoms with van der Waals surface area (Å²) < 4.78 is 5.84. The summed E-state index contributed by atoms with van der Waals surface area (Å²) in [6, 6.07) is 5.98. The van der Waals surface area contributed by atoms with Crippen molar-refractivity contribution in [2.75, 3.05) is 11.9 Å². The summed E-state index contributed by atoms with van der Waals surface area (Å²) in [7, 11) is 0. The van der Waals surface area contributed by atoms with E-state index in [-0.39, 0.29) is 11.9 Å². The molecular weight excluding hydrogens is 252 g/mol. The molecule has 0 saturated heterocycles. The third-order valence-electron chi connectivity index (χ3n) is 4.42. The minimum atomic E-state index is 0.0921. The predicted octanol–water partition coefficient (Wildman–Crippen LogP) is 2.47. The van der Waals surface area contributed by atoms with Crippen LogP contribution in [0.3, 0.4) is 0 Å². The largest absolute Gasteiger partial charge is 0.492 e. The monoisotopic (exact) mass is 274 g/mol. The molecule has 0 spiro atoms.